The Morgan fingerprint density at radius 2 is 1.91 bits per heavy atom. The van der Waals surface area contributed by atoms with Crippen molar-refractivity contribution in [2.24, 2.45) is 5.16 Å². The number of amides is 1. The highest BCUT2D eigenvalue weighted by atomic mass is 19.4. The smallest absolute Gasteiger partial charge is 0.388 e. The Labute approximate surface area is 183 Å². The number of anilines is 1. The van der Waals surface area contributed by atoms with E-state index in [9.17, 15) is 18.0 Å². The number of aryl methyl sites for hydroxylation is 1. The lowest BCUT2D eigenvalue weighted by molar-refractivity contribution is -0.154. The van der Waals surface area contributed by atoms with Crippen molar-refractivity contribution in [2.75, 3.05) is 18.4 Å². The molecule has 1 fully saturated rings. The summed E-state index contributed by atoms with van der Waals surface area (Å²) in [5, 5.41) is 8.45. The number of carbonyl (C=O) groups is 1. The number of nitrogens with zero attached hydrogens (tertiary/aromatic N) is 2. The summed E-state index contributed by atoms with van der Waals surface area (Å²) >= 11 is 0. The van der Waals surface area contributed by atoms with Crippen LogP contribution in [0.1, 0.15) is 42.9 Å². The summed E-state index contributed by atoms with van der Waals surface area (Å²) in [5.74, 6) is 0. The number of halogens is 3. The van der Waals surface area contributed by atoms with Gasteiger partial charge >= 0.3 is 12.3 Å². The number of hydrogen-bond donors (Lipinski definition) is 1. The predicted molar refractivity (Wildman–Crippen MR) is 113 cm³/mol. The molecule has 2 heterocycles. The van der Waals surface area contributed by atoms with E-state index in [4.69, 9.17) is 9.68 Å². The zero-order valence-corrected chi connectivity index (χ0v) is 17.6. The van der Waals surface area contributed by atoms with Crippen LogP contribution in [0.15, 0.2) is 53.7 Å². The van der Waals surface area contributed by atoms with Crippen molar-refractivity contribution >= 4 is 17.5 Å². The average molecular weight is 447 g/mol. The molecule has 0 bridgehead atoms. The number of hydrogen-bond acceptors (Lipinski definition) is 5. The Bertz CT molecular complexity index is 998. The predicted octanol–water partition coefficient (Wildman–Crippen LogP) is 5.39. The van der Waals surface area contributed by atoms with Gasteiger partial charge in [-0.05, 0) is 41.8 Å². The van der Waals surface area contributed by atoms with Crippen LogP contribution in [0.5, 0.6) is 0 Å². The van der Waals surface area contributed by atoms with E-state index in [0.717, 1.165) is 24.1 Å². The second-order valence-corrected chi connectivity index (χ2v) is 8.05. The van der Waals surface area contributed by atoms with Crippen LogP contribution in [0.4, 0.5) is 23.7 Å². The number of piperidine rings is 1. The summed E-state index contributed by atoms with van der Waals surface area (Å²) in [7, 11) is 0. The molecule has 2 aliphatic heterocycles. The summed E-state index contributed by atoms with van der Waals surface area (Å²) in [6.45, 7) is 2.98. The number of oxime groups is 1. The van der Waals surface area contributed by atoms with Gasteiger partial charge in [-0.1, -0.05) is 36.3 Å². The van der Waals surface area contributed by atoms with Gasteiger partial charge in [0.2, 0.25) is 0 Å². The van der Waals surface area contributed by atoms with Crippen molar-refractivity contribution in [3.05, 3.63) is 65.2 Å². The Kier molecular flexibility index (Phi) is 6.10. The van der Waals surface area contributed by atoms with Crippen LogP contribution in [0.2, 0.25) is 0 Å². The van der Waals surface area contributed by atoms with Crippen molar-refractivity contribution in [3.63, 3.8) is 0 Å². The first-order valence-electron chi connectivity index (χ1n) is 10.5. The highest BCUT2D eigenvalue weighted by Gasteiger charge is 2.43. The fourth-order valence-electron chi connectivity index (χ4n) is 3.91. The number of rotatable bonds is 4. The zero-order valence-electron chi connectivity index (χ0n) is 17.6. The molecule has 0 atom stereocenters. The van der Waals surface area contributed by atoms with Gasteiger partial charge in [-0.15, -0.1) is 5.06 Å². The average Bonchev–Trinajstić information content (AvgIpc) is 3.19. The van der Waals surface area contributed by atoms with Crippen LogP contribution in [-0.4, -0.2) is 35.6 Å². The molecule has 1 N–H and O–H groups in total. The quantitative estimate of drug-likeness (QED) is 0.683. The van der Waals surface area contributed by atoms with Crippen LogP contribution >= 0.6 is 0 Å². The Hall–Kier alpha value is -3.07. The molecule has 1 spiro atoms. The number of carbonyl (C=O) groups excluding carboxylic acids is 1. The molecule has 2 aliphatic rings. The summed E-state index contributed by atoms with van der Waals surface area (Å²) in [6, 6.07) is 12.5. The molecule has 1 amide bonds. The Balaban J connectivity index is 1.28. The molecular weight excluding hydrogens is 423 g/mol. The molecule has 0 aromatic heterocycles. The third kappa shape index (κ3) is 5.04. The number of alkyl halides is 3. The third-order valence-electron chi connectivity index (χ3n) is 5.81. The Morgan fingerprint density at radius 1 is 1.19 bits per heavy atom. The molecule has 4 rings (SSSR count). The Morgan fingerprint density at radius 3 is 2.56 bits per heavy atom. The lowest BCUT2D eigenvalue weighted by Crippen LogP contribution is -2.45. The van der Waals surface area contributed by atoms with Crippen molar-refractivity contribution in [2.45, 2.75) is 44.4 Å². The number of hydroxylamine groups is 2. The SMILES string of the molecule is CCc1cccc(NC(=O)ON2CCC3(CC2)CC(c2ccc(C(F)(F)F)cc2)=NO3)c1. The fraction of sp³-hybridized carbons (Fsp3) is 0.391. The lowest BCUT2D eigenvalue weighted by atomic mass is 9.86. The maximum Gasteiger partial charge on any atom is 0.430 e. The van der Waals surface area contributed by atoms with Gasteiger partial charge in [0.05, 0.1) is 11.3 Å². The van der Waals surface area contributed by atoms with Gasteiger partial charge in [-0.25, -0.2) is 4.79 Å². The van der Waals surface area contributed by atoms with Gasteiger partial charge in [0.15, 0.2) is 0 Å². The molecule has 170 valence electrons. The van der Waals surface area contributed by atoms with Crippen molar-refractivity contribution in [1.82, 2.24) is 5.06 Å². The second-order valence-electron chi connectivity index (χ2n) is 8.05. The van der Waals surface area contributed by atoms with E-state index >= 15 is 0 Å². The second kappa shape index (κ2) is 8.82. The first-order valence-corrected chi connectivity index (χ1v) is 10.5. The van der Waals surface area contributed by atoms with Crippen molar-refractivity contribution < 1.29 is 27.6 Å². The van der Waals surface area contributed by atoms with E-state index < -0.39 is 23.4 Å². The zero-order chi connectivity index (χ0) is 22.8. The molecule has 2 aromatic carbocycles. The van der Waals surface area contributed by atoms with E-state index in [0.29, 0.717) is 49.3 Å². The van der Waals surface area contributed by atoms with Gasteiger partial charge in [-0.3, -0.25) is 5.32 Å². The van der Waals surface area contributed by atoms with Gasteiger partial charge in [0, 0.05) is 38.0 Å². The van der Waals surface area contributed by atoms with Gasteiger partial charge < -0.3 is 9.68 Å². The van der Waals surface area contributed by atoms with Gasteiger partial charge in [-0.2, -0.15) is 13.2 Å². The topological polar surface area (TPSA) is 63.2 Å². The molecule has 2 aromatic rings. The van der Waals surface area contributed by atoms with E-state index in [1.165, 1.54) is 12.1 Å². The fourth-order valence-corrected chi connectivity index (χ4v) is 3.91. The summed E-state index contributed by atoms with van der Waals surface area (Å²) in [5.41, 5.74) is 1.81. The maximum atomic E-state index is 12.8. The highest BCUT2D eigenvalue weighted by molar-refractivity contribution is 6.01. The minimum atomic E-state index is -4.37. The number of benzene rings is 2. The van der Waals surface area contributed by atoms with Crippen LogP contribution in [0.25, 0.3) is 0 Å². The van der Waals surface area contributed by atoms with Crippen LogP contribution in [0.3, 0.4) is 0 Å². The molecule has 0 unspecified atom stereocenters. The highest BCUT2D eigenvalue weighted by Crippen LogP contribution is 2.37. The standard InChI is InChI=1S/C23H24F3N3O3/c1-2-16-4-3-5-19(14-16)27-21(30)31-29-12-10-22(11-13-29)15-20(28-32-22)17-6-8-18(9-7-17)23(24,25)26/h3-9,14H,2,10-13,15H2,1H3,(H,27,30). The van der Waals surface area contributed by atoms with Crippen LogP contribution in [0, 0.1) is 0 Å². The van der Waals surface area contributed by atoms with Crippen molar-refractivity contribution in [3.8, 4) is 0 Å². The molecule has 0 aliphatic carbocycles. The molecule has 0 saturated carbocycles. The number of nitrogens with one attached hydrogen (secondary N) is 1. The normalized spacial score (nSPS) is 18.2. The van der Waals surface area contributed by atoms with Crippen LogP contribution in [-0.2, 0) is 22.3 Å². The van der Waals surface area contributed by atoms with Gasteiger partial charge in [0.25, 0.3) is 0 Å². The minimum absolute atomic E-state index is 0.470. The van der Waals surface area contributed by atoms with E-state index in [2.05, 4.69) is 10.5 Å². The molecule has 6 nitrogen and oxygen atoms in total. The van der Waals surface area contributed by atoms with Gasteiger partial charge in [0.1, 0.15) is 5.60 Å². The third-order valence-corrected chi connectivity index (χ3v) is 5.81. The largest absolute Gasteiger partial charge is 0.430 e. The molecule has 0 radical (unpaired) electrons. The first-order chi connectivity index (χ1) is 15.3. The molecule has 32 heavy (non-hydrogen) atoms. The molecule has 1 saturated heterocycles. The lowest BCUT2D eigenvalue weighted by Gasteiger charge is -2.35. The van der Waals surface area contributed by atoms with E-state index in [1.54, 1.807) is 11.1 Å². The first kappa shape index (κ1) is 22.1. The summed E-state index contributed by atoms with van der Waals surface area (Å²) in [4.78, 5) is 23.3. The van der Waals surface area contributed by atoms with Crippen molar-refractivity contribution in [1.29, 1.82) is 0 Å². The van der Waals surface area contributed by atoms with E-state index in [1.807, 2.05) is 25.1 Å². The molecular formula is C23H24F3N3O3. The minimum Gasteiger partial charge on any atom is -0.388 e. The van der Waals surface area contributed by atoms with Crippen LogP contribution < -0.4 is 5.32 Å². The molecule has 9 heteroatoms. The summed E-state index contributed by atoms with van der Waals surface area (Å²) < 4.78 is 38.3. The maximum absolute atomic E-state index is 12.8. The summed E-state index contributed by atoms with van der Waals surface area (Å²) in [6.07, 6.45) is -2.38. The monoisotopic (exact) mass is 447 g/mol. The van der Waals surface area contributed by atoms with E-state index in [-0.39, 0.29) is 0 Å².